The largest absolute Gasteiger partial charge is 0.0654 e. The predicted molar refractivity (Wildman–Crippen MR) is 122 cm³/mol. The van der Waals surface area contributed by atoms with E-state index in [0.29, 0.717) is 0 Å². The molecule has 0 atom stereocenters. The van der Waals surface area contributed by atoms with Gasteiger partial charge in [-0.1, -0.05) is 57.7 Å². The number of unbranched alkanes of at least 4 members (excludes halogenated alkanes) is 1. The van der Waals surface area contributed by atoms with E-state index in [4.69, 9.17) is 0 Å². The maximum absolute atomic E-state index is 2.56. The molecule has 0 aliphatic heterocycles. The smallest absolute Gasteiger partial charge is 0.000930 e. The fourth-order valence-electron chi connectivity index (χ4n) is 4.58. The minimum absolute atomic E-state index is 0.189. The highest BCUT2D eigenvalue weighted by Crippen LogP contribution is 2.60. The highest BCUT2D eigenvalue weighted by molar-refractivity contribution is 7.66. The molecule has 0 saturated heterocycles. The first-order valence-electron chi connectivity index (χ1n) is 10.4. The molecule has 140 valence electrons. The first-order valence-corrected chi connectivity index (χ1v) is 11.9. The molecule has 2 aliphatic carbocycles. The molecule has 0 fully saturated rings. The van der Waals surface area contributed by atoms with Crippen molar-refractivity contribution in [3.05, 3.63) is 79.4 Å². The van der Waals surface area contributed by atoms with Crippen molar-refractivity contribution in [2.24, 2.45) is 0 Å². The average Bonchev–Trinajstić information content (AvgIpc) is 3.28. The van der Waals surface area contributed by atoms with Gasteiger partial charge in [-0.25, -0.2) is 0 Å². The Balaban J connectivity index is 1.71. The zero-order valence-corrected chi connectivity index (χ0v) is 18.3. The quantitative estimate of drug-likeness (QED) is 0.470. The van der Waals surface area contributed by atoms with Gasteiger partial charge in [0.05, 0.1) is 0 Å². The molecule has 2 aromatic rings. The third-order valence-electron chi connectivity index (χ3n) is 6.38. The van der Waals surface area contributed by atoms with Crippen LogP contribution in [0.5, 0.6) is 0 Å². The molecule has 0 aromatic heterocycles. The summed E-state index contributed by atoms with van der Waals surface area (Å²) in [6.07, 6.45) is 11.4. The van der Waals surface area contributed by atoms with Gasteiger partial charge in [0.2, 0.25) is 0 Å². The van der Waals surface area contributed by atoms with Crippen LogP contribution in [0.3, 0.4) is 0 Å². The van der Waals surface area contributed by atoms with E-state index in [1.807, 2.05) is 0 Å². The summed E-state index contributed by atoms with van der Waals surface area (Å²) in [5.41, 5.74) is 12.0. The normalized spacial score (nSPS) is 15.0. The Kier molecular flexibility index (Phi) is 5.13. The first-order chi connectivity index (χ1) is 13.0. The van der Waals surface area contributed by atoms with Crippen molar-refractivity contribution in [2.75, 3.05) is 6.16 Å². The van der Waals surface area contributed by atoms with Gasteiger partial charge in [-0.2, -0.15) is 0 Å². The Morgan fingerprint density at radius 3 is 1.56 bits per heavy atom. The minimum Gasteiger partial charge on any atom is -0.0654 e. The standard InChI is InChI=1S/C26H31P/c1-6-7-12-27(21-13-23-17(2)8-9-18(3)24(23)14-21)22-15-25-19(4)10-11-20(5)26(25)16-22/h8-11,13,15H,6-7,12,14,16H2,1-5H3. The lowest BCUT2D eigenvalue weighted by atomic mass is 10.00. The molecule has 0 saturated carbocycles. The highest BCUT2D eigenvalue weighted by atomic mass is 31.1. The first kappa shape index (κ1) is 18.7. The molecule has 4 rings (SSSR count). The van der Waals surface area contributed by atoms with E-state index in [1.54, 1.807) is 21.8 Å². The molecule has 0 amide bonds. The molecule has 2 aliphatic rings. The average molecular weight is 375 g/mol. The van der Waals surface area contributed by atoms with E-state index in [1.165, 1.54) is 65.2 Å². The van der Waals surface area contributed by atoms with Gasteiger partial charge in [-0.3, -0.25) is 0 Å². The summed E-state index contributed by atoms with van der Waals surface area (Å²) in [6, 6.07) is 9.19. The van der Waals surface area contributed by atoms with E-state index in [0.717, 1.165) is 0 Å². The molecular weight excluding hydrogens is 343 g/mol. The maximum atomic E-state index is 2.56. The SMILES string of the molecule is CCCCP(C1=Cc2c(C)ccc(C)c2C1)C1=Cc2c(C)ccc(C)c2C1. The summed E-state index contributed by atoms with van der Waals surface area (Å²) in [4.78, 5) is 0. The highest BCUT2D eigenvalue weighted by Gasteiger charge is 2.28. The van der Waals surface area contributed by atoms with E-state index in [-0.39, 0.29) is 7.92 Å². The predicted octanol–water partition coefficient (Wildman–Crippen LogP) is 7.70. The zero-order valence-electron chi connectivity index (χ0n) is 17.4. The zero-order chi connectivity index (χ0) is 19.1. The number of rotatable bonds is 5. The van der Waals surface area contributed by atoms with Gasteiger partial charge in [0.15, 0.2) is 0 Å². The van der Waals surface area contributed by atoms with Crippen LogP contribution in [0.25, 0.3) is 12.2 Å². The van der Waals surface area contributed by atoms with Crippen LogP contribution in [0.15, 0.2) is 34.9 Å². The summed E-state index contributed by atoms with van der Waals surface area (Å²) in [6.45, 7) is 11.4. The van der Waals surface area contributed by atoms with Gasteiger partial charge >= 0.3 is 0 Å². The van der Waals surface area contributed by atoms with Crippen LogP contribution in [0.1, 0.15) is 64.3 Å². The van der Waals surface area contributed by atoms with Crippen LogP contribution in [-0.2, 0) is 12.8 Å². The van der Waals surface area contributed by atoms with E-state index < -0.39 is 0 Å². The van der Waals surface area contributed by atoms with Crippen molar-refractivity contribution in [1.82, 2.24) is 0 Å². The Labute approximate surface area is 166 Å². The van der Waals surface area contributed by atoms with Crippen molar-refractivity contribution >= 4 is 20.1 Å². The molecule has 0 N–H and O–H groups in total. The van der Waals surface area contributed by atoms with Gasteiger partial charge in [-0.05, 0) is 108 Å². The van der Waals surface area contributed by atoms with Gasteiger partial charge in [0.1, 0.15) is 0 Å². The summed E-state index contributed by atoms with van der Waals surface area (Å²) < 4.78 is 0. The molecule has 0 radical (unpaired) electrons. The number of benzene rings is 2. The second-order valence-electron chi connectivity index (χ2n) is 8.31. The fraction of sp³-hybridized carbons (Fsp3) is 0.385. The Hall–Kier alpha value is -1.65. The van der Waals surface area contributed by atoms with Crippen LogP contribution in [0.2, 0.25) is 0 Å². The summed E-state index contributed by atoms with van der Waals surface area (Å²) in [7, 11) is -0.189. The van der Waals surface area contributed by atoms with Crippen LogP contribution < -0.4 is 0 Å². The van der Waals surface area contributed by atoms with Crippen LogP contribution in [0, 0.1) is 27.7 Å². The van der Waals surface area contributed by atoms with Crippen LogP contribution in [-0.4, -0.2) is 6.16 Å². The topological polar surface area (TPSA) is 0 Å². The van der Waals surface area contributed by atoms with Crippen LogP contribution >= 0.6 is 7.92 Å². The van der Waals surface area contributed by atoms with E-state index in [2.05, 4.69) is 71.0 Å². The number of hydrogen-bond donors (Lipinski definition) is 0. The van der Waals surface area contributed by atoms with Gasteiger partial charge in [-0.15, -0.1) is 0 Å². The molecule has 0 heterocycles. The van der Waals surface area contributed by atoms with Crippen LogP contribution in [0.4, 0.5) is 0 Å². The Bertz CT molecular complexity index is 883. The van der Waals surface area contributed by atoms with E-state index >= 15 is 0 Å². The number of aryl methyl sites for hydroxylation is 4. The number of allylic oxidation sites excluding steroid dienone is 2. The van der Waals surface area contributed by atoms with Crippen molar-refractivity contribution in [3.63, 3.8) is 0 Å². The summed E-state index contributed by atoms with van der Waals surface area (Å²) >= 11 is 0. The lowest BCUT2D eigenvalue weighted by molar-refractivity contribution is 0.891. The molecule has 0 unspecified atom stereocenters. The second-order valence-corrected chi connectivity index (χ2v) is 10.8. The van der Waals surface area contributed by atoms with Crippen molar-refractivity contribution in [2.45, 2.75) is 60.3 Å². The van der Waals surface area contributed by atoms with Gasteiger partial charge in [0.25, 0.3) is 0 Å². The fourth-order valence-corrected chi connectivity index (χ4v) is 7.43. The number of fused-ring (bicyclic) bond motifs is 2. The summed E-state index contributed by atoms with van der Waals surface area (Å²) in [5.74, 6) is 0. The summed E-state index contributed by atoms with van der Waals surface area (Å²) in [5, 5.41) is 3.42. The van der Waals surface area contributed by atoms with Gasteiger partial charge < -0.3 is 0 Å². The maximum Gasteiger partial charge on any atom is -0.000930 e. The Morgan fingerprint density at radius 2 is 1.15 bits per heavy atom. The molecule has 0 bridgehead atoms. The minimum atomic E-state index is -0.189. The third-order valence-corrected chi connectivity index (χ3v) is 9.11. The molecule has 1 heteroatoms. The van der Waals surface area contributed by atoms with Crippen molar-refractivity contribution < 1.29 is 0 Å². The van der Waals surface area contributed by atoms with Crippen molar-refractivity contribution in [3.8, 4) is 0 Å². The molecule has 2 aromatic carbocycles. The molecular formula is C26H31P. The lowest BCUT2D eigenvalue weighted by Crippen LogP contribution is -1.96. The Morgan fingerprint density at radius 1 is 0.704 bits per heavy atom. The molecule has 0 spiro atoms. The molecule has 27 heavy (non-hydrogen) atoms. The monoisotopic (exact) mass is 374 g/mol. The second kappa shape index (κ2) is 7.40. The molecule has 0 nitrogen and oxygen atoms in total. The van der Waals surface area contributed by atoms with Gasteiger partial charge in [0, 0.05) is 0 Å². The lowest BCUT2D eigenvalue weighted by Gasteiger charge is -2.21. The van der Waals surface area contributed by atoms with Crippen molar-refractivity contribution in [1.29, 1.82) is 0 Å². The number of hydrogen-bond acceptors (Lipinski definition) is 0. The van der Waals surface area contributed by atoms with E-state index in [9.17, 15) is 0 Å². The third kappa shape index (κ3) is 3.34.